The zero-order valence-electron chi connectivity index (χ0n) is 12.8. The van der Waals surface area contributed by atoms with Gasteiger partial charge in [0.15, 0.2) is 0 Å². The Morgan fingerprint density at radius 1 is 1.41 bits per heavy atom. The third-order valence-electron chi connectivity index (χ3n) is 3.96. The monoisotopic (exact) mass is 310 g/mol. The summed E-state index contributed by atoms with van der Waals surface area (Å²) in [5, 5.41) is 10.3. The lowest BCUT2D eigenvalue weighted by atomic mass is 9.93. The highest BCUT2D eigenvalue weighted by atomic mass is 32.1. The summed E-state index contributed by atoms with van der Waals surface area (Å²) in [7, 11) is 1.65. The first kappa shape index (κ1) is 14.8. The van der Waals surface area contributed by atoms with Gasteiger partial charge in [-0.05, 0) is 49.0 Å². The van der Waals surface area contributed by atoms with Crippen LogP contribution in [-0.2, 0) is 12.8 Å². The van der Waals surface area contributed by atoms with Gasteiger partial charge in [0.2, 0.25) is 0 Å². The van der Waals surface area contributed by atoms with Crippen molar-refractivity contribution in [3.63, 3.8) is 0 Å². The third-order valence-corrected chi connectivity index (χ3v) is 5.12. The highest BCUT2D eigenvalue weighted by Crippen LogP contribution is 2.33. The van der Waals surface area contributed by atoms with Gasteiger partial charge in [0.1, 0.15) is 16.8 Å². The smallest absolute Gasteiger partial charge is 0.134 e. The topological polar surface area (TPSA) is 45.9 Å². The Balaban J connectivity index is 1.90. The second kappa shape index (κ2) is 6.33. The fourth-order valence-electron chi connectivity index (χ4n) is 2.66. The van der Waals surface area contributed by atoms with E-state index in [1.54, 1.807) is 18.4 Å². The van der Waals surface area contributed by atoms with E-state index in [9.17, 15) is 5.26 Å². The lowest BCUT2D eigenvalue weighted by Crippen LogP contribution is -2.09. The summed E-state index contributed by atoms with van der Waals surface area (Å²) in [5.41, 5.74) is 2.81. The fourth-order valence-corrected chi connectivity index (χ4v) is 3.90. The first-order chi connectivity index (χ1) is 10.7. The van der Waals surface area contributed by atoms with Gasteiger partial charge in [-0.3, -0.25) is 0 Å². The average molecular weight is 310 g/mol. The van der Waals surface area contributed by atoms with Crippen LogP contribution in [0.25, 0.3) is 11.6 Å². The number of aromatic nitrogens is 1. The predicted molar refractivity (Wildman–Crippen MR) is 89.8 cm³/mol. The van der Waals surface area contributed by atoms with Crippen LogP contribution in [0.2, 0.25) is 0 Å². The van der Waals surface area contributed by atoms with E-state index in [1.807, 2.05) is 30.3 Å². The van der Waals surface area contributed by atoms with Gasteiger partial charge in [0, 0.05) is 4.88 Å². The summed E-state index contributed by atoms with van der Waals surface area (Å²) < 4.78 is 5.15. The number of thiazole rings is 1. The maximum absolute atomic E-state index is 9.48. The first-order valence-electron chi connectivity index (χ1n) is 7.44. The van der Waals surface area contributed by atoms with Crippen LogP contribution in [0.15, 0.2) is 24.3 Å². The Kier molecular flexibility index (Phi) is 4.26. The molecule has 22 heavy (non-hydrogen) atoms. The van der Waals surface area contributed by atoms with Gasteiger partial charge in [-0.1, -0.05) is 19.1 Å². The molecule has 3 nitrogen and oxygen atoms in total. The number of rotatable bonds is 3. The molecule has 0 radical (unpaired) electrons. The normalized spacial score (nSPS) is 17.7. The van der Waals surface area contributed by atoms with Crippen molar-refractivity contribution in [1.29, 1.82) is 5.26 Å². The molecule has 0 N–H and O–H groups in total. The average Bonchev–Trinajstić information content (AvgIpc) is 2.96. The quantitative estimate of drug-likeness (QED) is 0.792. The number of nitriles is 1. The minimum Gasteiger partial charge on any atom is -0.497 e. The molecule has 4 heteroatoms. The second-order valence-electron chi connectivity index (χ2n) is 5.68. The summed E-state index contributed by atoms with van der Waals surface area (Å²) in [6.45, 7) is 2.28. The molecule has 0 amide bonds. The maximum Gasteiger partial charge on any atom is 0.134 e. The van der Waals surface area contributed by atoms with E-state index in [4.69, 9.17) is 4.74 Å². The van der Waals surface area contributed by atoms with Crippen LogP contribution >= 0.6 is 11.3 Å². The minimum absolute atomic E-state index is 0.636. The lowest BCUT2D eigenvalue weighted by molar-refractivity contribution is 0.415. The minimum atomic E-state index is 0.636. The van der Waals surface area contributed by atoms with Gasteiger partial charge in [-0.2, -0.15) is 5.26 Å². The Morgan fingerprint density at radius 2 is 2.18 bits per heavy atom. The molecule has 0 saturated carbocycles. The molecule has 3 rings (SSSR count). The van der Waals surface area contributed by atoms with Crippen molar-refractivity contribution in [2.45, 2.75) is 26.2 Å². The molecule has 0 aliphatic heterocycles. The van der Waals surface area contributed by atoms with Crippen molar-refractivity contribution in [1.82, 2.24) is 4.98 Å². The summed E-state index contributed by atoms with van der Waals surface area (Å²) in [6, 6.07) is 9.99. The number of aryl methyl sites for hydroxylation is 1. The van der Waals surface area contributed by atoms with E-state index >= 15 is 0 Å². The molecule has 1 aromatic heterocycles. The number of benzene rings is 1. The number of allylic oxidation sites excluding steroid dienone is 1. The molecule has 1 aliphatic carbocycles. The van der Waals surface area contributed by atoms with Crippen molar-refractivity contribution in [3.05, 3.63) is 45.4 Å². The fraction of sp³-hybridized carbons (Fsp3) is 0.333. The van der Waals surface area contributed by atoms with Crippen LogP contribution in [0.4, 0.5) is 0 Å². The zero-order chi connectivity index (χ0) is 15.5. The molecule has 0 saturated heterocycles. The molecular weight excluding hydrogens is 292 g/mol. The van der Waals surface area contributed by atoms with E-state index in [-0.39, 0.29) is 0 Å². The molecule has 1 aliphatic rings. The first-order valence-corrected chi connectivity index (χ1v) is 8.26. The van der Waals surface area contributed by atoms with Crippen molar-refractivity contribution in [2.75, 3.05) is 7.11 Å². The summed E-state index contributed by atoms with van der Waals surface area (Å²) >= 11 is 1.67. The maximum atomic E-state index is 9.48. The number of ether oxygens (including phenoxy) is 1. The highest BCUT2D eigenvalue weighted by molar-refractivity contribution is 7.13. The zero-order valence-corrected chi connectivity index (χ0v) is 13.6. The van der Waals surface area contributed by atoms with Gasteiger partial charge in [0.05, 0.1) is 18.4 Å². The summed E-state index contributed by atoms with van der Waals surface area (Å²) in [5.74, 6) is 1.53. The SMILES string of the molecule is COc1ccc(C=C(C#N)c2nc3c(s2)CC(C)CC3)cc1. The van der Waals surface area contributed by atoms with E-state index in [0.717, 1.165) is 35.1 Å². The number of nitrogens with zero attached hydrogens (tertiary/aromatic N) is 2. The Labute approximate surface area is 134 Å². The van der Waals surface area contributed by atoms with Gasteiger partial charge in [-0.15, -0.1) is 11.3 Å². The van der Waals surface area contributed by atoms with E-state index in [1.165, 1.54) is 17.0 Å². The number of hydrogen-bond acceptors (Lipinski definition) is 4. The highest BCUT2D eigenvalue weighted by Gasteiger charge is 2.20. The van der Waals surface area contributed by atoms with Crippen molar-refractivity contribution in [2.24, 2.45) is 5.92 Å². The largest absolute Gasteiger partial charge is 0.497 e. The number of methoxy groups -OCH3 is 1. The Morgan fingerprint density at radius 3 is 2.86 bits per heavy atom. The van der Waals surface area contributed by atoms with Crippen molar-refractivity contribution >= 4 is 23.0 Å². The van der Waals surface area contributed by atoms with Gasteiger partial charge in [-0.25, -0.2) is 4.98 Å². The van der Waals surface area contributed by atoms with Gasteiger partial charge < -0.3 is 4.74 Å². The van der Waals surface area contributed by atoms with E-state index < -0.39 is 0 Å². The standard InChI is InChI=1S/C18H18N2OS/c1-12-3-8-16-17(9-12)22-18(20-16)14(11-19)10-13-4-6-15(21-2)7-5-13/h4-7,10,12H,3,8-9H2,1-2H3. The molecule has 1 unspecified atom stereocenters. The molecule has 0 fully saturated rings. The Bertz CT molecular complexity index is 737. The second-order valence-corrected chi connectivity index (χ2v) is 6.76. The lowest BCUT2D eigenvalue weighted by Gasteiger charge is -2.15. The van der Waals surface area contributed by atoms with Crippen LogP contribution in [0.5, 0.6) is 5.75 Å². The molecule has 0 spiro atoms. The summed E-state index contributed by atoms with van der Waals surface area (Å²) in [4.78, 5) is 6.04. The number of hydrogen-bond donors (Lipinski definition) is 0. The summed E-state index contributed by atoms with van der Waals surface area (Å²) in [6.07, 6.45) is 5.22. The van der Waals surface area contributed by atoms with Crippen LogP contribution < -0.4 is 4.74 Å². The Hall–Kier alpha value is -2.12. The van der Waals surface area contributed by atoms with Crippen LogP contribution in [0, 0.1) is 17.2 Å². The van der Waals surface area contributed by atoms with Crippen LogP contribution in [-0.4, -0.2) is 12.1 Å². The predicted octanol–water partition coefficient (Wildman–Crippen LogP) is 4.34. The van der Waals surface area contributed by atoms with E-state index in [0.29, 0.717) is 5.57 Å². The van der Waals surface area contributed by atoms with Crippen molar-refractivity contribution in [3.8, 4) is 11.8 Å². The molecule has 0 bridgehead atoms. The van der Waals surface area contributed by atoms with Crippen LogP contribution in [0.3, 0.4) is 0 Å². The molecule has 2 aromatic rings. The number of fused-ring (bicyclic) bond motifs is 1. The third kappa shape index (κ3) is 3.05. The molecular formula is C18H18N2OS. The van der Waals surface area contributed by atoms with Crippen molar-refractivity contribution < 1.29 is 4.74 Å². The van der Waals surface area contributed by atoms with Gasteiger partial charge >= 0.3 is 0 Å². The molecule has 1 heterocycles. The molecule has 1 atom stereocenters. The molecule has 112 valence electrons. The van der Waals surface area contributed by atoms with E-state index in [2.05, 4.69) is 18.0 Å². The molecule has 1 aromatic carbocycles. The van der Waals surface area contributed by atoms with Gasteiger partial charge in [0.25, 0.3) is 0 Å². The van der Waals surface area contributed by atoms with Crippen LogP contribution in [0.1, 0.15) is 34.5 Å².